The average molecular weight is 446 g/mol. The molecule has 0 bridgehead atoms. The van der Waals surface area contributed by atoms with Crippen LogP contribution in [0.25, 0.3) is 0 Å². The van der Waals surface area contributed by atoms with Crippen LogP contribution in [-0.4, -0.2) is 45.3 Å². The van der Waals surface area contributed by atoms with Crippen molar-refractivity contribution in [3.05, 3.63) is 23.8 Å². The number of fused-ring (bicyclic) bond motifs is 1. The van der Waals surface area contributed by atoms with E-state index in [0.29, 0.717) is 24.2 Å². The van der Waals surface area contributed by atoms with Crippen molar-refractivity contribution >= 4 is 5.91 Å². The van der Waals surface area contributed by atoms with Gasteiger partial charge in [0.1, 0.15) is 0 Å². The van der Waals surface area contributed by atoms with Crippen molar-refractivity contribution in [3.8, 4) is 0 Å². The van der Waals surface area contributed by atoms with Gasteiger partial charge in [0.2, 0.25) is 5.91 Å². The SMILES string of the molecule is CC(C)N(C(=O)CCCCC1=C[C@H]2C[C@@H](O)[C@H](C=C[C@@H](O)C3CCCCC3)[C@H]2C1)C(C)C. The van der Waals surface area contributed by atoms with Crippen LogP contribution in [0.2, 0.25) is 0 Å². The quantitative estimate of drug-likeness (QED) is 0.338. The summed E-state index contributed by atoms with van der Waals surface area (Å²) >= 11 is 0. The second kappa shape index (κ2) is 11.8. The summed E-state index contributed by atoms with van der Waals surface area (Å²) in [4.78, 5) is 14.6. The standard InChI is InChI=1S/C28H47NO3/c1-19(2)29(20(3)4)28(32)13-9-8-10-21-16-23-18-27(31)24(25(23)17-21)14-15-26(30)22-11-6-5-7-12-22/h14-16,19-20,22-27,30-31H,5-13,17-18H2,1-4H3/t23-,24+,25-,26+,27+/m0/s1. The van der Waals surface area contributed by atoms with E-state index in [0.717, 1.165) is 44.9 Å². The summed E-state index contributed by atoms with van der Waals surface area (Å²) in [6, 6.07) is 0.514. The third kappa shape index (κ3) is 6.47. The molecule has 1 amide bonds. The van der Waals surface area contributed by atoms with Gasteiger partial charge >= 0.3 is 0 Å². The summed E-state index contributed by atoms with van der Waals surface area (Å²) in [7, 11) is 0. The zero-order chi connectivity index (χ0) is 23.3. The van der Waals surface area contributed by atoms with E-state index >= 15 is 0 Å². The maximum absolute atomic E-state index is 12.6. The lowest BCUT2D eigenvalue weighted by Crippen LogP contribution is -2.41. The van der Waals surface area contributed by atoms with Crippen molar-refractivity contribution in [2.75, 3.05) is 0 Å². The van der Waals surface area contributed by atoms with Gasteiger partial charge in [-0.1, -0.05) is 43.1 Å². The molecular weight excluding hydrogens is 398 g/mol. The Morgan fingerprint density at radius 2 is 1.81 bits per heavy atom. The van der Waals surface area contributed by atoms with Gasteiger partial charge in [-0.25, -0.2) is 0 Å². The van der Waals surface area contributed by atoms with Crippen LogP contribution >= 0.6 is 0 Å². The molecule has 3 rings (SSSR count). The first-order valence-electron chi connectivity index (χ1n) is 13.3. The molecule has 0 aromatic carbocycles. The number of aliphatic hydroxyl groups excluding tert-OH is 2. The number of carbonyl (C=O) groups is 1. The Balaban J connectivity index is 1.43. The summed E-state index contributed by atoms with van der Waals surface area (Å²) in [5, 5.41) is 21.2. The number of allylic oxidation sites excluding steroid dienone is 2. The van der Waals surface area contributed by atoms with Crippen molar-refractivity contribution in [2.45, 2.75) is 123 Å². The zero-order valence-electron chi connectivity index (χ0n) is 20.9. The smallest absolute Gasteiger partial charge is 0.223 e. The lowest BCUT2D eigenvalue weighted by atomic mass is 9.83. The number of unbranched alkanes of at least 4 members (excludes halogenated alkanes) is 1. The Morgan fingerprint density at radius 3 is 2.47 bits per heavy atom. The molecule has 0 spiro atoms. The molecule has 0 aromatic heterocycles. The molecular formula is C28H47NO3. The Kier molecular flexibility index (Phi) is 9.43. The highest BCUT2D eigenvalue weighted by Crippen LogP contribution is 2.48. The molecule has 3 aliphatic rings. The highest BCUT2D eigenvalue weighted by Gasteiger charge is 2.43. The molecule has 5 atom stereocenters. The van der Waals surface area contributed by atoms with E-state index in [-0.39, 0.29) is 36.1 Å². The van der Waals surface area contributed by atoms with Crippen LogP contribution in [0.5, 0.6) is 0 Å². The van der Waals surface area contributed by atoms with Crippen LogP contribution in [-0.2, 0) is 4.79 Å². The third-order valence-electron chi connectivity index (χ3n) is 8.15. The van der Waals surface area contributed by atoms with Crippen molar-refractivity contribution in [2.24, 2.45) is 23.7 Å². The number of hydrogen-bond acceptors (Lipinski definition) is 3. The van der Waals surface area contributed by atoms with Gasteiger partial charge in [-0.2, -0.15) is 0 Å². The van der Waals surface area contributed by atoms with Crippen molar-refractivity contribution in [1.82, 2.24) is 4.90 Å². The fraction of sp³-hybridized carbons (Fsp3) is 0.821. The van der Waals surface area contributed by atoms with Crippen molar-refractivity contribution in [1.29, 1.82) is 0 Å². The van der Waals surface area contributed by atoms with E-state index < -0.39 is 0 Å². The molecule has 2 saturated carbocycles. The van der Waals surface area contributed by atoms with Gasteiger partial charge in [0.15, 0.2) is 0 Å². The van der Waals surface area contributed by atoms with Gasteiger partial charge < -0.3 is 15.1 Å². The van der Waals surface area contributed by atoms with Crippen molar-refractivity contribution in [3.63, 3.8) is 0 Å². The lowest BCUT2D eigenvalue weighted by Gasteiger charge is -2.30. The molecule has 182 valence electrons. The maximum atomic E-state index is 12.6. The molecule has 0 heterocycles. The van der Waals surface area contributed by atoms with E-state index in [4.69, 9.17) is 0 Å². The minimum atomic E-state index is -0.357. The van der Waals surface area contributed by atoms with Crippen LogP contribution in [0.4, 0.5) is 0 Å². The summed E-state index contributed by atoms with van der Waals surface area (Å²) in [6.07, 6.45) is 17.6. The minimum Gasteiger partial charge on any atom is -0.392 e. The van der Waals surface area contributed by atoms with E-state index in [2.05, 4.69) is 39.8 Å². The highest BCUT2D eigenvalue weighted by molar-refractivity contribution is 5.76. The average Bonchev–Trinajstić information content (AvgIpc) is 3.26. The minimum absolute atomic E-state index is 0.166. The molecule has 0 radical (unpaired) electrons. The molecule has 3 aliphatic carbocycles. The molecule has 0 aliphatic heterocycles. The van der Waals surface area contributed by atoms with Gasteiger partial charge in [0.05, 0.1) is 12.2 Å². The third-order valence-corrected chi connectivity index (χ3v) is 8.15. The Morgan fingerprint density at radius 1 is 1.12 bits per heavy atom. The Bertz CT molecular complexity index is 654. The van der Waals surface area contributed by atoms with Gasteiger partial charge in [-0.05, 0) is 90.4 Å². The number of carbonyl (C=O) groups excluding carboxylic acids is 1. The largest absolute Gasteiger partial charge is 0.392 e. The molecule has 0 aromatic rings. The molecule has 2 N–H and O–H groups in total. The van der Waals surface area contributed by atoms with Gasteiger partial charge in [-0.3, -0.25) is 4.79 Å². The van der Waals surface area contributed by atoms with Crippen LogP contribution in [0.15, 0.2) is 23.8 Å². The summed E-state index contributed by atoms with van der Waals surface area (Å²) < 4.78 is 0. The number of nitrogens with zero attached hydrogens (tertiary/aromatic N) is 1. The molecule has 32 heavy (non-hydrogen) atoms. The van der Waals surface area contributed by atoms with Gasteiger partial charge in [-0.15, -0.1) is 0 Å². The van der Waals surface area contributed by atoms with E-state index in [9.17, 15) is 15.0 Å². The first-order chi connectivity index (χ1) is 15.3. The second-order valence-electron chi connectivity index (χ2n) is 11.2. The molecule has 0 unspecified atom stereocenters. The Labute approximate surface area is 196 Å². The Hall–Kier alpha value is -1.13. The predicted octanol–water partition coefficient (Wildman–Crippen LogP) is 5.63. The first-order valence-corrected chi connectivity index (χ1v) is 13.3. The maximum Gasteiger partial charge on any atom is 0.223 e. The van der Waals surface area contributed by atoms with Crippen LogP contribution in [0.3, 0.4) is 0 Å². The normalized spacial score (nSPS) is 29.7. The van der Waals surface area contributed by atoms with E-state index in [1.807, 2.05) is 11.0 Å². The fourth-order valence-electron chi connectivity index (χ4n) is 6.60. The van der Waals surface area contributed by atoms with E-state index in [1.54, 1.807) is 0 Å². The number of rotatable bonds is 10. The van der Waals surface area contributed by atoms with E-state index in [1.165, 1.54) is 24.8 Å². The topological polar surface area (TPSA) is 60.8 Å². The summed E-state index contributed by atoms with van der Waals surface area (Å²) in [5.41, 5.74) is 1.51. The molecule has 4 nitrogen and oxygen atoms in total. The van der Waals surface area contributed by atoms with Gasteiger partial charge in [0, 0.05) is 24.4 Å². The second-order valence-corrected chi connectivity index (χ2v) is 11.2. The monoisotopic (exact) mass is 445 g/mol. The highest BCUT2D eigenvalue weighted by atomic mass is 16.3. The summed E-state index contributed by atoms with van der Waals surface area (Å²) in [6.45, 7) is 8.36. The first kappa shape index (κ1) is 25.5. The predicted molar refractivity (Wildman–Crippen MR) is 131 cm³/mol. The van der Waals surface area contributed by atoms with Crippen molar-refractivity contribution < 1.29 is 15.0 Å². The summed E-state index contributed by atoms with van der Waals surface area (Å²) in [5.74, 6) is 1.79. The lowest BCUT2D eigenvalue weighted by molar-refractivity contribution is -0.134. The molecule has 4 heteroatoms. The van der Waals surface area contributed by atoms with Crippen LogP contribution in [0, 0.1) is 23.7 Å². The fourth-order valence-corrected chi connectivity index (χ4v) is 6.60. The number of aliphatic hydroxyl groups is 2. The van der Waals surface area contributed by atoms with Crippen LogP contribution in [0.1, 0.15) is 98.3 Å². The number of hydrogen-bond donors (Lipinski definition) is 2. The molecule has 2 fully saturated rings. The van der Waals surface area contributed by atoms with Gasteiger partial charge in [0.25, 0.3) is 0 Å². The number of amides is 1. The van der Waals surface area contributed by atoms with Crippen LogP contribution < -0.4 is 0 Å². The zero-order valence-corrected chi connectivity index (χ0v) is 20.9. The molecule has 0 saturated heterocycles.